The quantitative estimate of drug-likeness (QED) is 0.483. The predicted octanol–water partition coefficient (Wildman–Crippen LogP) is 4.54. The normalized spacial score (nSPS) is 15.2. The summed E-state index contributed by atoms with van der Waals surface area (Å²) < 4.78 is 24.9. The van der Waals surface area contributed by atoms with Gasteiger partial charge in [-0.2, -0.15) is 5.26 Å². The second kappa shape index (κ2) is 11.3. The molecule has 0 saturated carbocycles. The van der Waals surface area contributed by atoms with E-state index in [4.69, 9.17) is 9.47 Å². The topological polar surface area (TPSA) is 96.3 Å². The zero-order valence-corrected chi connectivity index (χ0v) is 20.4. The van der Waals surface area contributed by atoms with Gasteiger partial charge in [-0.15, -0.1) is 0 Å². The van der Waals surface area contributed by atoms with Crippen LogP contribution in [0.15, 0.2) is 60.7 Å². The third-order valence-corrected chi connectivity index (χ3v) is 5.94. The Morgan fingerprint density at radius 1 is 1.14 bits per heavy atom. The Hall–Kier alpha value is -3.80. The molecule has 1 aliphatic rings. The van der Waals surface area contributed by atoms with Crippen LogP contribution >= 0.6 is 0 Å². The number of anilines is 1. The molecule has 2 N–H and O–H groups in total. The van der Waals surface area contributed by atoms with Gasteiger partial charge in [-0.05, 0) is 56.2 Å². The number of halogens is 1. The van der Waals surface area contributed by atoms with Gasteiger partial charge in [0.1, 0.15) is 11.6 Å². The fourth-order valence-corrected chi connectivity index (χ4v) is 3.93. The molecule has 1 fully saturated rings. The van der Waals surface area contributed by atoms with Crippen molar-refractivity contribution < 1.29 is 18.7 Å². The minimum atomic E-state index is -0.612. The number of ether oxygens (including phenoxy) is 2. The van der Waals surface area contributed by atoms with Crippen molar-refractivity contribution in [1.82, 2.24) is 10.3 Å². The van der Waals surface area contributed by atoms with E-state index < -0.39 is 5.79 Å². The van der Waals surface area contributed by atoms with E-state index in [0.717, 1.165) is 5.56 Å². The average Bonchev–Trinajstić information content (AvgIpc) is 2.88. The standard InChI is InChI=1S/C28H29FN4O3/c1-28(2)35-17-20(18-36-28)16-32-27(34)24-10-11-25(23-9-4-3-7-21(23)15-30)33-26(24)31-13-12-19-6-5-8-22(29)14-19/h3-11,14,20H,12-13,16-18H2,1-2H3,(H,31,33)(H,32,34). The van der Waals surface area contributed by atoms with Crippen molar-refractivity contribution in [1.29, 1.82) is 5.26 Å². The summed E-state index contributed by atoms with van der Waals surface area (Å²) in [5, 5.41) is 15.7. The van der Waals surface area contributed by atoms with Gasteiger partial charge in [0.25, 0.3) is 5.91 Å². The number of nitrogens with one attached hydrogen (secondary N) is 2. The Labute approximate surface area is 210 Å². The number of nitriles is 1. The van der Waals surface area contributed by atoms with E-state index in [1.165, 1.54) is 12.1 Å². The van der Waals surface area contributed by atoms with Gasteiger partial charge in [-0.1, -0.05) is 30.3 Å². The molecule has 1 amide bonds. The second-order valence-corrected chi connectivity index (χ2v) is 9.15. The van der Waals surface area contributed by atoms with E-state index >= 15 is 0 Å². The first-order valence-electron chi connectivity index (χ1n) is 11.9. The summed E-state index contributed by atoms with van der Waals surface area (Å²) in [6, 6.07) is 19.2. The molecule has 2 aromatic carbocycles. The maximum atomic E-state index is 13.6. The molecule has 1 aromatic heterocycles. The molecule has 0 unspecified atom stereocenters. The van der Waals surface area contributed by atoms with E-state index in [9.17, 15) is 14.4 Å². The molecular weight excluding hydrogens is 459 g/mol. The van der Waals surface area contributed by atoms with E-state index in [2.05, 4.69) is 21.7 Å². The van der Waals surface area contributed by atoms with Crippen molar-refractivity contribution >= 4 is 11.7 Å². The van der Waals surface area contributed by atoms with Crippen molar-refractivity contribution in [2.45, 2.75) is 26.1 Å². The number of pyridine rings is 1. The summed E-state index contributed by atoms with van der Waals surface area (Å²) in [7, 11) is 0. The lowest BCUT2D eigenvalue weighted by Gasteiger charge is -2.34. The number of carbonyl (C=O) groups is 1. The Morgan fingerprint density at radius 2 is 1.92 bits per heavy atom. The Bertz CT molecular complexity index is 1260. The third-order valence-electron chi connectivity index (χ3n) is 5.94. The van der Waals surface area contributed by atoms with Crippen LogP contribution in [0.3, 0.4) is 0 Å². The van der Waals surface area contributed by atoms with Crippen molar-refractivity contribution in [2.75, 3.05) is 31.6 Å². The highest BCUT2D eigenvalue weighted by Gasteiger charge is 2.28. The van der Waals surface area contributed by atoms with Crippen LogP contribution in [0.5, 0.6) is 0 Å². The molecule has 7 nitrogen and oxygen atoms in total. The van der Waals surface area contributed by atoms with Crippen LogP contribution in [0, 0.1) is 23.1 Å². The molecule has 4 rings (SSSR count). The zero-order chi connectivity index (χ0) is 25.5. The van der Waals surface area contributed by atoms with Crippen LogP contribution in [0.1, 0.15) is 35.3 Å². The summed E-state index contributed by atoms with van der Waals surface area (Å²) in [4.78, 5) is 17.8. The molecule has 1 saturated heterocycles. The lowest BCUT2D eigenvalue weighted by molar-refractivity contribution is -0.261. The summed E-state index contributed by atoms with van der Waals surface area (Å²) in [5.41, 5.74) is 2.96. The van der Waals surface area contributed by atoms with Crippen LogP contribution in [0.2, 0.25) is 0 Å². The molecule has 36 heavy (non-hydrogen) atoms. The number of hydrogen-bond donors (Lipinski definition) is 2. The molecule has 3 aromatic rings. The number of nitrogens with zero attached hydrogens (tertiary/aromatic N) is 2. The average molecular weight is 489 g/mol. The highest BCUT2D eigenvalue weighted by Crippen LogP contribution is 2.25. The first kappa shape index (κ1) is 25.3. The number of amides is 1. The summed E-state index contributed by atoms with van der Waals surface area (Å²) in [6.07, 6.45) is 0.548. The molecule has 0 radical (unpaired) electrons. The molecular formula is C28H29FN4O3. The Morgan fingerprint density at radius 3 is 2.67 bits per heavy atom. The molecule has 2 heterocycles. The lowest BCUT2D eigenvalue weighted by Crippen LogP contribution is -2.43. The number of carbonyl (C=O) groups excluding carboxylic acids is 1. The lowest BCUT2D eigenvalue weighted by atomic mass is 10.0. The molecule has 0 bridgehead atoms. The van der Waals surface area contributed by atoms with Crippen molar-refractivity contribution in [3.63, 3.8) is 0 Å². The van der Waals surface area contributed by atoms with E-state index in [-0.39, 0.29) is 17.6 Å². The van der Waals surface area contributed by atoms with Crippen LogP contribution < -0.4 is 10.6 Å². The van der Waals surface area contributed by atoms with Crippen LogP contribution in [-0.2, 0) is 15.9 Å². The SMILES string of the molecule is CC1(C)OCC(CNC(=O)c2ccc(-c3ccccc3C#N)nc2NCCc2cccc(F)c2)CO1. The molecule has 0 spiro atoms. The van der Waals surface area contributed by atoms with Crippen molar-refractivity contribution in [3.8, 4) is 17.3 Å². The molecule has 0 atom stereocenters. The van der Waals surface area contributed by atoms with Gasteiger partial charge in [-0.25, -0.2) is 9.37 Å². The Balaban J connectivity index is 1.52. The summed E-state index contributed by atoms with van der Waals surface area (Å²) >= 11 is 0. The number of aromatic nitrogens is 1. The summed E-state index contributed by atoms with van der Waals surface area (Å²) in [5.74, 6) is -0.744. The number of rotatable bonds is 8. The van der Waals surface area contributed by atoms with Gasteiger partial charge < -0.3 is 20.1 Å². The smallest absolute Gasteiger partial charge is 0.255 e. The second-order valence-electron chi connectivity index (χ2n) is 9.15. The third kappa shape index (κ3) is 6.45. The Kier molecular flexibility index (Phi) is 7.93. The minimum absolute atomic E-state index is 0.0427. The molecule has 8 heteroatoms. The van der Waals surface area contributed by atoms with Gasteiger partial charge >= 0.3 is 0 Å². The van der Waals surface area contributed by atoms with E-state index in [1.54, 1.807) is 30.3 Å². The fraction of sp³-hybridized carbons (Fsp3) is 0.321. The predicted molar refractivity (Wildman–Crippen MR) is 135 cm³/mol. The van der Waals surface area contributed by atoms with Crippen LogP contribution in [-0.4, -0.2) is 43.0 Å². The monoisotopic (exact) mass is 488 g/mol. The van der Waals surface area contributed by atoms with Crippen LogP contribution in [0.25, 0.3) is 11.3 Å². The van der Waals surface area contributed by atoms with E-state index in [0.29, 0.717) is 60.9 Å². The minimum Gasteiger partial charge on any atom is -0.369 e. The van der Waals surface area contributed by atoms with Gasteiger partial charge in [0.05, 0.1) is 36.1 Å². The summed E-state index contributed by atoms with van der Waals surface area (Å²) in [6.45, 7) is 5.56. The van der Waals surface area contributed by atoms with E-state index in [1.807, 2.05) is 32.0 Å². The largest absolute Gasteiger partial charge is 0.369 e. The maximum Gasteiger partial charge on any atom is 0.255 e. The molecule has 186 valence electrons. The van der Waals surface area contributed by atoms with Gasteiger partial charge in [0, 0.05) is 24.6 Å². The van der Waals surface area contributed by atoms with Gasteiger partial charge in [0.2, 0.25) is 0 Å². The first-order chi connectivity index (χ1) is 17.3. The number of benzene rings is 2. The van der Waals surface area contributed by atoms with Crippen molar-refractivity contribution in [3.05, 3.63) is 83.2 Å². The maximum absolute atomic E-state index is 13.6. The highest BCUT2D eigenvalue weighted by atomic mass is 19.1. The first-order valence-corrected chi connectivity index (χ1v) is 11.9. The van der Waals surface area contributed by atoms with Gasteiger partial charge in [-0.3, -0.25) is 4.79 Å². The number of hydrogen-bond acceptors (Lipinski definition) is 6. The zero-order valence-electron chi connectivity index (χ0n) is 20.4. The fourth-order valence-electron chi connectivity index (χ4n) is 3.93. The van der Waals surface area contributed by atoms with Crippen LogP contribution in [0.4, 0.5) is 10.2 Å². The van der Waals surface area contributed by atoms with Crippen molar-refractivity contribution in [2.24, 2.45) is 5.92 Å². The van der Waals surface area contributed by atoms with Gasteiger partial charge in [0.15, 0.2) is 5.79 Å². The molecule has 1 aliphatic heterocycles. The highest BCUT2D eigenvalue weighted by molar-refractivity contribution is 5.99. The molecule has 0 aliphatic carbocycles.